The summed E-state index contributed by atoms with van der Waals surface area (Å²) in [5, 5.41) is 19.1. The monoisotopic (exact) mass is 237 g/mol. The van der Waals surface area contributed by atoms with Gasteiger partial charge < -0.3 is 9.84 Å². The fourth-order valence-corrected chi connectivity index (χ4v) is 1.15. The van der Waals surface area contributed by atoms with Crippen molar-refractivity contribution in [2.24, 2.45) is 0 Å². The van der Waals surface area contributed by atoms with Crippen LogP contribution in [0.2, 0.25) is 0 Å². The van der Waals surface area contributed by atoms with Crippen molar-refractivity contribution in [3.63, 3.8) is 0 Å². The Hall–Kier alpha value is -2.37. The summed E-state index contributed by atoms with van der Waals surface area (Å²) in [4.78, 5) is 20.5. The van der Waals surface area contributed by atoms with E-state index in [1.165, 1.54) is 18.2 Å². The second-order valence-corrected chi connectivity index (χ2v) is 3.40. The molecular formula is C11H11NO5. The molecule has 17 heavy (non-hydrogen) atoms. The van der Waals surface area contributed by atoms with Crippen LogP contribution in [-0.2, 0) is 4.79 Å². The van der Waals surface area contributed by atoms with Crippen molar-refractivity contribution in [2.45, 2.75) is 6.92 Å². The molecule has 1 aromatic rings. The average Bonchev–Trinajstić information content (AvgIpc) is 2.25. The predicted molar refractivity (Wildman–Crippen MR) is 60.1 cm³/mol. The van der Waals surface area contributed by atoms with Gasteiger partial charge in [-0.3, -0.25) is 10.1 Å². The van der Waals surface area contributed by atoms with E-state index in [4.69, 9.17) is 9.84 Å². The predicted octanol–water partition coefficient (Wildman–Crippen LogP) is 1.92. The van der Waals surface area contributed by atoms with Crippen LogP contribution in [-0.4, -0.2) is 22.6 Å². The number of benzene rings is 1. The molecule has 1 N–H and O–H groups in total. The third kappa shape index (κ3) is 3.30. The third-order valence-electron chi connectivity index (χ3n) is 2.08. The van der Waals surface area contributed by atoms with E-state index in [1.54, 1.807) is 6.92 Å². The van der Waals surface area contributed by atoms with Gasteiger partial charge >= 0.3 is 5.97 Å². The lowest BCUT2D eigenvalue weighted by molar-refractivity contribution is -0.385. The van der Waals surface area contributed by atoms with Gasteiger partial charge in [0.1, 0.15) is 12.4 Å². The zero-order chi connectivity index (χ0) is 13.0. The number of hydrogen-bond acceptors (Lipinski definition) is 4. The molecule has 0 spiro atoms. The summed E-state index contributed by atoms with van der Waals surface area (Å²) in [5.41, 5.74) is 0.365. The maximum absolute atomic E-state index is 10.6. The van der Waals surface area contributed by atoms with Crippen LogP contribution in [0.4, 0.5) is 5.69 Å². The molecule has 0 unspecified atom stereocenters. The zero-order valence-electron chi connectivity index (χ0n) is 9.17. The highest BCUT2D eigenvalue weighted by molar-refractivity contribution is 5.86. The minimum absolute atomic E-state index is 0.00517. The molecule has 90 valence electrons. The molecule has 0 aromatic heterocycles. The number of aryl methyl sites for hydroxylation is 1. The Balaban J connectivity index is 2.75. The minimum atomic E-state index is -1.14. The fourth-order valence-electron chi connectivity index (χ4n) is 1.15. The number of aliphatic carboxylic acids is 1. The Kier molecular flexibility index (Phi) is 3.82. The summed E-state index contributed by atoms with van der Waals surface area (Å²) in [6.07, 6.45) is 0. The lowest BCUT2D eigenvalue weighted by Gasteiger charge is -2.06. The van der Waals surface area contributed by atoms with Crippen LogP contribution < -0.4 is 4.74 Å². The zero-order valence-corrected chi connectivity index (χ0v) is 9.17. The van der Waals surface area contributed by atoms with Crippen molar-refractivity contribution < 1.29 is 19.6 Å². The topological polar surface area (TPSA) is 89.7 Å². The Bertz CT molecular complexity index is 481. The lowest BCUT2D eigenvalue weighted by Crippen LogP contribution is -2.09. The summed E-state index contributed by atoms with van der Waals surface area (Å²) < 4.78 is 5.14. The normalized spacial score (nSPS) is 9.71. The van der Waals surface area contributed by atoms with Crippen molar-refractivity contribution in [1.29, 1.82) is 0 Å². The molecule has 1 aromatic carbocycles. The molecule has 6 nitrogen and oxygen atoms in total. The second-order valence-electron chi connectivity index (χ2n) is 3.40. The van der Waals surface area contributed by atoms with Gasteiger partial charge in [-0.1, -0.05) is 6.58 Å². The third-order valence-corrected chi connectivity index (χ3v) is 2.08. The molecule has 0 amide bonds. The molecule has 0 saturated carbocycles. The van der Waals surface area contributed by atoms with Gasteiger partial charge in [-0.15, -0.1) is 0 Å². The van der Waals surface area contributed by atoms with Crippen molar-refractivity contribution in [1.82, 2.24) is 0 Å². The molecule has 0 bridgehead atoms. The van der Waals surface area contributed by atoms with E-state index in [2.05, 4.69) is 6.58 Å². The summed E-state index contributed by atoms with van der Waals surface area (Å²) >= 11 is 0. The number of nitro benzene ring substituents is 1. The van der Waals surface area contributed by atoms with Gasteiger partial charge in [0.25, 0.3) is 5.69 Å². The largest absolute Gasteiger partial charge is 0.489 e. The fraction of sp³-hybridized carbons (Fsp3) is 0.182. The molecule has 0 fully saturated rings. The van der Waals surface area contributed by atoms with Gasteiger partial charge in [-0.05, 0) is 19.1 Å². The summed E-state index contributed by atoms with van der Waals surface area (Å²) in [5.74, 6) is -0.765. The van der Waals surface area contributed by atoms with E-state index in [0.29, 0.717) is 11.3 Å². The quantitative estimate of drug-likeness (QED) is 0.480. The molecular weight excluding hydrogens is 226 g/mol. The number of hydrogen-bond donors (Lipinski definition) is 1. The number of ether oxygens (including phenoxy) is 1. The first-order valence-electron chi connectivity index (χ1n) is 4.70. The highest BCUT2D eigenvalue weighted by atomic mass is 16.6. The van der Waals surface area contributed by atoms with Crippen LogP contribution in [0.5, 0.6) is 5.75 Å². The van der Waals surface area contributed by atoms with Crippen LogP contribution >= 0.6 is 0 Å². The van der Waals surface area contributed by atoms with Crippen LogP contribution in [0.3, 0.4) is 0 Å². The summed E-state index contributed by atoms with van der Waals surface area (Å²) in [6.45, 7) is 4.72. The minimum Gasteiger partial charge on any atom is -0.489 e. The molecule has 0 aliphatic carbocycles. The Labute approximate surface area is 97.3 Å². The van der Waals surface area contributed by atoms with Crippen LogP contribution in [0.15, 0.2) is 30.4 Å². The van der Waals surface area contributed by atoms with E-state index in [0.717, 1.165) is 0 Å². The summed E-state index contributed by atoms with van der Waals surface area (Å²) in [6, 6.07) is 4.21. The van der Waals surface area contributed by atoms with E-state index < -0.39 is 10.9 Å². The van der Waals surface area contributed by atoms with Crippen molar-refractivity contribution in [3.05, 3.63) is 46.0 Å². The molecule has 0 saturated heterocycles. The van der Waals surface area contributed by atoms with Crippen LogP contribution in [0.25, 0.3) is 0 Å². The maximum Gasteiger partial charge on any atom is 0.334 e. The van der Waals surface area contributed by atoms with Gasteiger partial charge in [0, 0.05) is 11.6 Å². The number of carboxylic acid groups (broad SMARTS) is 1. The van der Waals surface area contributed by atoms with Gasteiger partial charge in [-0.2, -0.15) is 0 Å². The molecule has 0 heterocycles. The second kappa shape index (κ2) is 5.11. The van der Waals surface area contributed by atoms with Crippen LogP contribution in [0, 0.1) is 17.0 Å². The lowest BCUT2D eigenvalue weighted by atomic mass is 10.2. The molecule has 0 atom stereocenters. The summed E-state index contributed by atoms with van der Waals surface area (Å²) in [7, 11) is 0. The molecule has 0 aliphatic rings. The first-order valence-corrected chi connectivity index (χ1v) is 4.70. The van der Waals surface area contributed by atoms with E-state index in [-0.39, 0.29) is 17.9 Å². The number of nitrogens with zero attached hydrogens (tertiary/aromatic N) is 1. The van der Waals surface area contributed by atoms with Crippen molar-refractivity contribution in [3.8, 4) is 5.75 Å². The average molecular weight is 237 g/mol. The van der Waals surface area contributed by atoms with Gasteiger partial charge in [0.2, 0.25) is 0 Å². The maximum atomic E-state index is 10.6. The first-order chi connectivity index (χ1) is 7.91. The molecule has 1 rings (SSSR count). The number of carboxylic acids is 1. The van der Waals surface area contributed by atoms with Gasteiger partial charge in [0.15, 0.2) is 0 Å². The first kappa shape index (κ1) is 12.7. The van der Waals surface area contributed by atoms with E-state index in [1.807, 2.05) is 0 Å². The Morgan fingerprint density at radius 1 is 1.59 bits per heavy atom. The molecule has 6 heteroatoms. The Morgan fingerprint density at radius 2 is 2.24 bits per heavy atom. The van der Waals surface area contributed by atoms with Gasteiger partial charge in [-0.25, -0.2) is 4.79 Å². The standard InChI is InChI=1S/C11H11NO5/c1-7-5-9(3-4-10(7)12(15)16)17-6-8(2)11(13)14/h3-5H,2,6H2,1H3,(H,13,14). The number of rotatable bonds is 5. The Morgan fingerprint density at radius 3 is 2.71 bits per heavy atom. The number of carbonyl (C=O) groups is 1. The number of nitro groups is 1. The van der Waals surface area contributed by atoms with Crippen molar-refractivity contribution in [2.75, 3.05) is 6.61 Å². The highest BCUT2D eigenvalue weighted by Gasteiger charge is 2.11. The molecule has 0 radical (unpaired) electrons. The van der Waals surface area contributed by atoms with Crippen LogP contribution in [0.1, 0.15) is 5.56 Å². The SMILES string of the molecule is C=C(COc1ccc([N+](=O)[O-])c(C)c1)C(=O)O. The van der Waals surface area contributed by atoms with Gasteiger partial charge in [0.05, 0.1) is 10.5 Å². The highest BCUT2D eigenvalue weighted by Crippen LogP contribution is 2.23. The van der Waals surface area contributed by atoms with E-state index in [9.17, 15) is 14.9 Å². The van der Waals surface area contributed by atoms with E-state index >= 15 is 0 Å². The smallest absolute Gasteiger partial charge is 0.334 e. The van der Waals surface area contributed by atoms with Crippen molar-refractivity contribution >= 4 is 11.7 Å². The molecule has 0 aliphatic heterocycles.